The number of nitrogens with zero attached hydrogens (tertiary/aromatic N) is 1. The van der Waals surface area contributed by atoms with Crippen molar-refractivity contribution >= 4 is 15.9 Å². The van der Waals surface area contributed by atoms with E-state index in [9.17, 15) is 0 Å². The van der Waals surface area contributed by atoms with Gasteiger partial charge in [0.05, 0.1) is 6.04 Å². The lowest BCUT2D eigenvalue weighted by atomic mass is 10.1. The molecule has 0 aromatic heterocycles. The summed E-state index contributed by atoms with van der Waals surface area (Å²) < 4.78 is 1.03. The molecule has 0 fully saturated rings. The first kappa shape index (κ1) is 9.08. The first-order valence-electron chi connectivity index (χ1n) is 3.64. The summed E-state index contributed by atoms with van der Waals surface area (Å²) in [6.07, 6.45) is 1.92. The minimum atomic E-state index is 0.0764. The smallest absolute Gasteiger partial charge is 0.177 e. The molecule has 12 heavy (non-hydrogen) atoms. The van der Waals surface area contributed by atoms with Crippen molar-refractivity contribution in [3.05, 3.63) is 34.3 Å². The number of benzene rings is 1. The maximum Gasteiger partial charge on any atom is 0.177 e. The van der Waals surface area contributed by atoms with Gasteiger partial charge >= 0.3 is 0 Å². The highest BCUT2D eigenvalue weighted by atomic mass is 79.9. The Bertz CT molecular complexity index is 304. The van der Waals surface area contributed by atoms with Crippen LogP contribution >= 0.6 is 15.9 Å². The molecule has 1 N–H and O–H groups in total. The number of hydrogen-bond acceptors (Lipinski definition) is 2. The minimum Gasteiger partial charge on any atom is -0.317 e. The van der Waals surface area contributed by atoms with Crippen LogP contribution in [0.4, 0.5) is 0 Å². The van der Waals surface area contributed by atoms with Crippen molar-refractivity contribution in [2.45, 2.75) is 13.0 Å². The lowest BCUT2D eigenvalue weighted by Crippen LogP contribution is -2.11. The molecule has 0 unspecified atom stereocenters. The zero-order chi connectivity index (χ0) is 8.97. The predicted molar refractivity (Wildman–Crippen MR) is 51.3 cm³/mol. The van der Waals surface area contributed by atoms with E-state index in [1.807, 2.05) is 37.4 Å². The van der Waals surface area contributed by atoms with Crippen LogP contribution in [0.3, 0.4) is 0 Å². The standard InChI is InChI=1S/C9H9BrN2/c1-7(12-6-11)8-3-2-4-9(10)5-8/h2-5,7,12H,1H3/t7-/m1/s1. The Morgan fingerprint density at radius 3 is 2.92 bits per heavy atom. The molecule has 3 heteroatoms. The van der Waals surface area contributed by atoms with Gasteiger partial charge < -0.3 is 5.32 Å². The van der Waals surface area contributed by atoms with Crippen LogP contribution in [0.5, 0.6) is 0 Å². The van der Waals surface area contributed by atoms with Gasteiger partial charge in [-0.3, -0.25) is 0 Å². The van der Waals surface area contributed by atoms with Crippen molar-refractivity contribution in [1.29, 1.82) is 5.26 Å². The zero-order valence-corrected chi connectivity index (χ0v) is 8.30. The summed E-state index contributed by atoms with van der Waals surface area (Å²) in [5, 5.41) is 11.1. The summed E-state index contributed by atoms with van der Waals surface area (Å²) >= 11 is 3.37. The van der Waals surface area contributed by atoms with Gasteiger partial charge in [0.15, 0.2) is 6.19 Å². The van der Waals surface area contributed by atoms with Gasteiger partial charge in [-0.05, 0) is 24.6 Å². The van der Waals surface area contributed by atoms with Crippen LogP contribution in [0.2, 0.25) is 0 Å². The number of nitriles is 1. The maximum absolute atomic E-state index is 8.39. The van der Waals surface area contributed by atoms with Gasteiger partial charge in [0.2, 0.25) is 0 Å². The molecule has 0 aliphatic rings. The monoisotopic (exact) mass is 224 g/mol. The fourth-order valence-electron chi connectivity index (χ4n) is 0.956. The third-order valence-corrected chi connectivity index (χ3v) is 2.12. The lowest BCUT2D eigenvalue weighted by molar-refractivity contribution is 0.697. The highest BCUT2D eigenvalue weighted by Crippen LogP contribution is 2.17. The highest BCUT2D eigenvalue weighted by Gasteiger charge is 2.02. The first-order valence-corrected chi connectivity index (χ1v) is 4.43. The predicted octanol–water partition coefficient (Wildman–Crippen LogP) is 2.58. The SMILES string of the molecule is C[C@@H](NC#N)c1cccc(Br)c1. The van der Waals surface area contributed by atoms with Crippen LogP contribution in [0.1, 0.15) is 18.5 Å². The molecule has 0 heterocycles. The van der Waals surface area contributed by atoms with Crippen molar-refractivity contribution in [2.24, 2.45) is 0 Å². The summed E-state index contributed by atoms with van der Waals surface area (Å²) in [6.45, 7) is 1.95. The van der Waals surface area contributed by atoms with Crippen LogP contribution < -0.4 is 5.32 Å². The van der Waals surface area contributed by atoms with Gasteiger partial charge in [0.1, 0.15) is 0 Å². The van der Waals surface area contributed by atoms with E-state index >= 15 is 0 Å². The van der Waals surface area contributed by atoms with Gasteiger partial charge in [0.25, 0.3) is 0 Å². The molecule has 1 aromatic rings. The molecule has 1 rings (SSSR count). The summed E-state index contributed by atoms with van der Waals surface area (Å²) in [4.78, 5) is 0. The average molecular weight is 225 g/mol. The number of halogens is 1. The Hall–Kier alpha value is -1.01. The number of hydrogen-bond donors (Lipinski definition) is 1. The van der Waals surface area contributed by atoms with Gasteiger partial charge in [-0.2, -0.15) is 5.26 Å². The molecule has 0 radical (unpaired) electrons. The molecule has 0 aliphatic carbocycles. The summed E-state index contributed by atoms with van der Waals surface area (Å²) in [7, 11) is 0. The Labute approximate surface area is 80.3 Å². The molecule has 0 aliphatic heterocycles. The van der Waals surface area contributed by atoms with E-state index < -0.39 is 0 Å². The third-order valence-electron chi connectivity index (χ3n) is 1.63. The van der Waals surface area contributed by atoms with Crippen LogP contribution in [0.25, 0.3) is 0 Å². The van der Waals surface area contributed by atoms with E-state index in [1.165, 1.54) is 0 Å². The van der Waals surface area contributed by atoms with Crippen molar-refractivity contribution in [3.8, 4) is 6.19 Å². The van der Waals surface area contributed by atoms with Crippen LogP contribution in [-0.2, 0) is 0 Å². The van der Waals surface area contributed by atoms with Crippen LogP contribution in [0, 0.1) is 11.5 Å². The van der Waals surface area contributed by atoms with Crippen molar-refractivity contribution < 1.29 is 0 Å². The molecular weight excluding hydrogens is 216 g/mol. The fraction of sp³-hybridized carbons (Fsp3) is 0.222. The van der Waals surface area contributed by atoms with Crippen LogP contribution in [-0.4, -0.2) is 0 Å². The maximum atomic E-state index is 8.39. The van der Waals surface area contributed by atoms with E-state index in [-0.39, 0.29) is 6.04 Å². The lowest BCUT2D eigenvalue weighted by Gasteiger charge is -2.08. The van der Waals surface area contributed by atoms with E-state index in [4.69, 9.17) is 5.26 Å². The zero-order valence-electron chi connectivity index (χ0n) is 6.71. The summed E-state index contributed by atoms with van der Waals surface area (Å²) in [5.41, 5.74) is 1.10. The fourth-order valence-corrected chi connectivity index (χ4v) is 1.37. The van der Waals surface area contributed by atoms with Crippen molar-refractivity contribution in [1.82, 2.24) is 5.32 Å². The molecule has 0 saturated carbocycles. The number of rotatable bonds is 2. The Balaban J connectivity index is 2.82. The molecular formula is C9H9BrN2. The molecule has 62 valence electrons. The van der Waals surface area contributed by atoms with Gasteiger partial charge in [-0.15, -0.1) is 0 Å². The Morgan fingerprint density at radius 1 is 1.58 bits per heavy atom. The van der Waals surface area contributed by atoms with Crippen LogP contribution in [0.15, 0.2) is 28.7 Å². The topological polar surface area (TPSA) is 35.8 Å². The average Bonchev–Trinajstić information content (AvgIpc) is 2.05. The molecule has 0 saturated heterocycles. The molecule has 0 spiro atoms. The summed E-state index contributed by atoms with van der Waals surface area (Å²) in [6, 6.07) is 7.97. The third kappa shape index (κ3) is 2.24. The van der Waals surface area contributed by atoms with Gasteiger partial charge in [-0.1, -0.05) is 28.1 Å². The van der Waals surface area contributed by atoms with E-state index in [0.29, 0.717) is 0 Å². The van der Waals surface area contributed by atoms with Gasteiger partial charge in [-0.25, -0.2) is 0 Å². The number of nitrogens with one attached hydrogen (secondary N) is 1. The molecule has 1 atom stereocenters. The van der Waals surface area contributed by atoms with Crippen molar-refractivity contribution in [3.63, 3.8) is 0 Å². The molecule has 0 amide bonds. The quantitative estimate of drug-likeness (QED) is 0.620. The van der Waals surface area contributed by atoms with E-state index in [2.05, 4.69) is 21.2 Å². The normalized spacial score (nSPS) is 11.8. The minimum absolute atomic E-state index is 0.0764. The second-order valence-corrected chi connectivity index (χ2v) is 3.45. The highest BCUT2D eigenvalue weighted by molar-refractivity contribution is 9.10. The largest absolute Gasteiger partial charge is 0.317 e. The van der Waals surface area contributed by atoms with Gasteiger partial charge in [0, 0.05) is 4.47 Å². The summed E-state index contributed by atoms with van der Waals surface area (Å²) in [5.74, 6) is 0. The van der Waals surface area contributed by atoms with E-state index in [1.54, 1.807) is 0 Å². The molecule has 1 aromatic carbocycles. The van der Waals surface area contributed by atoms with E-state index in [0.717, 1.165) is 10.0 Å². The Morgan fingerprint density at radius 2 is 2.33 bits per heavy atom. The first-order chi connectivity index (χ1) is 5.74. The molecule has 2 nitrogen and oxygen atoms in total. The second kappa shape index (κ2) is 4.13. The second-order valence-electron chi connectivity index (χ2n) is 2.53. The molecule has 0 bridgehead atoms. The Kier molecular flexibility index (Phi) is 3.12. The van der Waals surface area contributed by atoms with Crippen molar-refractivity contribution in [2.75, 3.05) is 0 Å².